The number of rotatable bonds is 5. The van der Waals surface area contributed by atoms with Gasteiger partial charge in [-0.3, -0.25) is 0 Å². The predicted octanol–water partition coefficient (Wildman–Crippen LogP) is 3.93. The van der Waals surface area contributed by atoms with E-state index in [-0.39, 0.29) is 0 Å². The van der Waals surface area contributed by atoms with E-state index in [1.54, 1.807) is 11.6 Å². The van der Waals surface area contributed by atoms with Gasteiger partial charge < -0.3 is 9.47 Å². The van der Waals surface area contributed by atoms with Crippen LogP contribution in [0, 0.1) is 0 Å². The minimum Gasteiger partial charge on any atom is -0.497 e. The van der Waals surface area contributed by atoms with Gasteiger partial charge in [0.05, 0.1) is 13.7 Å². The van der Waals surface area contributed by atoms with Crippen molar-refractivity contribution in [2.75, 3.05) is 13.7 Å². The van der Waals surface area contributed by atoms with Crippen molar-refractivity contribution in [2.45, 2.75) is 6.92 Å². The van der Waals surface area contributed by atoms with Crippen molar-refractivity contribution in [1.82, 2.24) is 19.8 Å². The van der Waals surface area contributed by atoms with Crippen LogP contribution >= 0.6 is 11.3 Å². The quantitative estimate of drug-likeness (QED) is 0.545. The summed E-state index contributed by atoms with van der Waals surface area (Å²) in [5, 5.41) is 14.1. The van der Waals surface area contributed by atoms with Crippen LogP contribution in [0.2, 0.25) is 0 Å². The first-order valence-electron chi connectivity index (χ1n) is 7.88. The molecular weight excluding hydrogens is 336 g/mol. The summed E-state index contributed by atoms with van der Waals surface area (Å²) in [5.41, 5.74) is 1.91. The number of hydrogen-bond acceptors (Lipinski definition) is 6. The fourth-order valence-electron chi connectivity index (χ4n) is 2.56. The molecule has 2 aromatic carbocycles. The van der Waals surface area contributed by atoms with Crippen LogP contribution < -0.4 is 9.47 Å². The number of ether oxygens (including phenoxy) is 2. The zero-order valence-electron chi connectivity index (χ0n) is 13.8. The van der Waals surface area contributed by atoms with Gasteiger partial charge in [-0.2, -0.15) is 9.61 Å². The molecule has 0 fully saturated rings. The number of methoxy groups -OCH3 is 1. The van der Waals surface area contributed by atoms with Crippen LogP contribution in [0.15, 0.2) is 48.5 Å². The van der Waals surface area contributed by atoms with E-state index in [0.717, 1.165) is 32.6 Å². The van der Waals surface area contributed by atoms with E-state index in [0.29, 0.717) is 12.4 Å². The van der Waals surface area contributed by atoms with Crippen molar-refractivity contribution >= 4 is 16.3 Å². The van der Waals surface area contributed by atoms with Gasteiger partial charge in [0.15, 0.2) is 5.82 Å². The number of nitrogens with zero attached hydrogens (tertiary/aromatic N) is 4. The maximum Gasteiger partial charge on any atom is 0.235 e. The van der Waals surface area contributed by atoms with E-state index in [1.807, 2.05) is 55.5 Å². The lowest BCUT2D eigenvalue weighted by Gasteiger charge is -2.04. The molecule has 0 radical (unpaired) electrons. The van der Waals surface area contributed by atoms with E-state index >= 15 is 0 Å². The smallest absolute Gasteiger partial charge is 0.235 e. The summed E-state index contributed by atoms with van der Waals surface area (Å²) in [7, 11) is 1.65. The van der Waals surface area contributed by atoms with Gasteiger partial charge in [-0.15, -0.1) is 10.2 Å². The average molecular weight is 352 g/mol. The van der Waals surface area contributed by atoms with E-state index in [1.165, 1.54) is 11.3 Å². The van der Waals surface area contributed by atoms with E-state index in [9.17, 15) is 0 Å². The highest BCUT2D eigenvalue weighted by atomic mass is 32.1. The Hall–Kier alpha value is -2.93. The van der Waals surface area contributed by atoms with Crippen LogP contribution in [0.5, 0.6) is 11.5 Å². The Morgan fingerprint density at radius 1 is 1.00 bits per heavy atom. The van der Waals surface area contributed by atoms with Gasteiger partial charge in [-0.1, -0.05) is 35.6 Å². The minimum atomic E-state index is 0.620. The number of aromatic nitrogens is 4. The summed E-state index contributed by atoms with van der Waals surface area (Å²) < 4.78 is 12.6. The first kappa shape index (κ1) is 15.6. The topological polar surface area (TPSA) is 61.5 Å². The summed E-state index contributed by atoms with van der Waals surface area (Å²) >= 11 is 1.49. The molecule has 0 spiro atoms. The molecule has 0 aliphatic carbocycles. The lowest BCUT2D eigenvalue weighted by Crippen LogP contribution is -1.94. The zero-order chi connectivity index (χ0) is 17.2. The lowest BCUT2D eigenvalue weighted by molar-refractivity contribution is 0.340. The highest BCUT2D eigenvalue weighted by Gasteiger charge is 2.15. The first-order chi connectivity index (χ1) is 12.3. The molecule has 0 amide bonds. The minimum absolute atomic E-state index is 0.620. The first-order valence-corrected chi connectivity index (χ1v) is 8.70. The summed E-state index contributed by atoms with van der Waals surface area (Å²) in [6.07, 6.45) is 0. The fourth-order valence-corrected chi connectivity index (χ4v) is 3.40. The molecule has 4 aromatic rings. The molecule has 0 aliphatic rings. The van der Waals surface area contributed by atoms with Crippen molar-refractivity contribution < 1.29 is 9.47 Å². The molecule has 7 heteroatoms. The SMILES string of the molecule is CCOc1cccc(-c2nnc3sc(-c4cccc(OC)c4)nn23)c1. The predicted molar refractivity (Wildman–Crippen MR) is 97.3 cm³/mol. The van der Waals surface area contributed by atoms with Gasteiger partial charge in [-0.05, 0) is 31.2 Å². The van der Waals surface area contributed by atoms with Crippen LogP contribution in [-0.4, -0.2) is 33.5 Å². The van der Waals surface area contributed by atoms with Crippen LogP contribution in [0.3, 0.4) is 0 Å². The Labute approximate surface area is 148 Å². The fraction of sp³-hybridized carbons (Fsp3) is 0.167. The van der Waals surface area contributed by atoms with Crippen molar-refractivity contribution in [3.05, 3.63) is 48.5 Å². The van der Waals surface area contributed by atoms with Crippen molar-refractivity contribution in [3.63, 3.8) is 0 Å². The molecule has 0 unspecified atom stereocenters. The van der Waals surface area contributed by atoms with Gasteiger partial charge in [0.2, 0.25) is 4.96 Å². The number of benzene rings is 2. The summed E-state index contributed by atoms with van der Waals surface area (Å²) in [4.78, 5) is 0.745. The molecule has 0 aliphatic heterocycles. The third kappa shape index (κ3) is 2.94. The number of hydrogen-bond donors (Lipinski definition) is 0. The van der Waals surface area contributed by atoms with Gasteiger partial charge in [0.25, 0.3) is 0 Å². The van der Waals surface area contributed by atoms with Crippen LogP contribution in [0.25, 0.3) is 26.9 Å². The highest BCUT2D eigenvalue weighted by Crippen LogP contribution is 2.30. The Morgan fingerprint density at radius 2 is 1.76 bits per heavy atom. The average Bonchev–Trinajstić information content (AvgIpc) is 3.23. The Balaban J connectivity index is 1.77. The van der Waals surface area contributed by atoms with Crippen molar-refractivity contribution in [1.29, 1.82) is 0 Å². The summed E-state index contributed by atoms with van der Waals surface area (Å²) in [6.45, 7) is 2.58. The molecule has 0 saturated heterocycles. The molecule has 126 valence electrons. The van der Waals surface area contributed by atoms with Gasteiger partial charge >= 0.3 is 0 Å². The second-order valence-electron chi connectivity index (χ2n) is 5.32. The molecule has 25 heavy (non-hydrogen) atoms. The lowest BCUT2D eigenvalue weighted by atomic mass is 10.2. The van der Waals surface area contributed by atoms with Crippen molar-refractivity contribution in [2.24, 2.45) is 0 Å². The molecule has 0 saturated carbocycles. The van der Waals surface area contributed by atoms with Crippen LogP contribution in [0.4, 0.5) is 0 Å². The van der Waals surface area contributed by atoms with Gasteiger partial charge in [0.1, 0.15) is 16.5 Å². The molecule has 2 aromatic heterocycles. The van der Waals surface area contributed by atoms with Gasteiger partial charge in [0, 0.05) is 11.1 Å². The molecule has 6 nitrogen and oxygen atoms in total. The normalized spacial score (nSPS) is 11.0. The second kappa shape index (κ2) is 6.52. The van der Waals surface area contributed by atoms with Crippen molar-refractivity contribution in [3.8, 4) is 33.5 Å². The van der Waals surface area contributed by atoms with Crippen LogP contribution in [-0.2, 0) is 0 Å². The number of fused-ring (bicyclic) bond motifs is 1. The molecular formula is C18H16N4O2S. The second-order valence-corrected chi connectivity index (χ2v) is 6.27. The maximum absolute atomic E-state index is 5.57. The molecule has 0 N–H and O–H groups in total. The standard InChI is InChI=1S/C18H16N4O2S/c1-3-24-15-9-4-6-12(10-15)16-19-20-18-22(16)21-17(25-18)13-7-5-8-14(11-13)23-2/h4-11H,3H2,1-2H3. The van der Waals surface area contributed by atoms with E-state index in [4.69, 9.17) is 9.47 Å². The third-order valence-electron chi connectivity index (χ3n) is 3.71. The Kier molecular flexibility index (Phi) is 4.07. The summed E-state index contributed by atoms with van der Waals surface area (Å²) in [5.74, 6) is 2.30. The molecule has 0 atom stereocenters. The Bertz CT molecular complexity index is 1020. The highest BCUT2D eigenvalue weighted by molar-refractivity contribution is 7.19. The summed E-state index contributed by atoms with van der Waals surface area (Å²) in [6, 6.07) is 15.6. The maximum atomic E-state index is 5.57. The zero-order valence-corrected chi connectivity index (χ0v) is 14.7. The molecule has 0 bridgehead atoms. The largest absolute Gasteiger partial charge is 0.497 e. The van der Waals surface area contributed by atoms with Crippen LogP contribution in [0.1, 0.15) is 6.92 Å². The Morgan fingerprint density at radius 3 is 2.56 bits per heavy atom. The van der Waals surface area contributed by atoms with Gasteiger partial charge in [-0.25, -0.2) is 0 Å². The van der Waals surface area contributed by atoms with E-state index < -0.39 is 0 Å². The third-order valence-corrected chi connectivity index (χ3v) is 4.66. The van der Waals surface area contributed by atoms with E-state index in [2.05, 4.69) is 15.3 Å². The monoisotopic (exact) mass is 352 g/mol. The molecule has 4 rings (SSSR count). The molecule has 2 heterocycles.